The molecule has 1 amide bonds. The minimum Gasteiger partial charge on any atom is -0.653 e. The van der Waals surface area contributed by atoms with Crippen LogP contribution in [0.15, 0.2) is 59.8 Å². The zero-order valence-electron chi connectivity index (χ0n) is 23.9. The number of aromatic nitrogens is 1. The van der Waals surface area contributed by atoms with Gasteiger partial charge in [0.15, 0.2) is 0 Å². The van der Waals surface area contributed by atoms with Crippen molar-refractivity contribution in [2.24, 2.45) is 22.7 Å². The molecule has 2 aliphatic rings. The third-order valence-corrected chi connectivity index (χ3v) is 7.03. The van der Waals surface area contributed by atoms with Crippen LogP contribution in [0, 0.1) is 19.3 Å². The Morgan fingerprint density at radius 1 is 1.16 bits per heavy atom. The van der Waals surface area contributed by atoms with E-state index in [1.165, 1.54) is 5.56 Å². The maximum absolute atomic E-state index is 12.8. The molecule has 5 rings (SSSR count). The van der Waals surface area contributed by atoms with E-state index in [9.17, 15) is 4.79 Å². The minimum absolute atomic E-state index is 0. The maximum atomic E-state index is 12.8. The van der Waals surface area contributed by atoms with Crippen LogP contribution in [0.2, 0.25) is 0 Å². The molecule has 3 atom stereocenters. The van der Waals surface area contributed by atoms with E-state index in [2.05, 4.69) is 43.0 Å². The molecule has 9 heteroatoms. The van der Waals surface area contributed by atoms with Gasteiger partial charge in [-0.1, -0.05) is 60.2 Å². The molecule has 1 aliphatic heterocycles. The third kappa shape index (κ3) is 9.67. The number of hydrogen-bond donors (Lipinski definition) is 2. The van der Waals surface area contributed by atoms with Gasteiger partial charge in [0.2, 0.25) is 5.91 Å². The van der Waals surface area contributed by atoms with E-state index in [4.69, 9.17) is 15.7 Å². The van der Waals surface area contributed by atoms with Crippen molar-refractivity contribution in [1.29, 1.82) is 0 Å². The van der Waals surface area contributed by atoms with E-state index in [0.29, 0.717) is 29.3 Å². The molecule has 1 saturated heterocycles. The van der Waals surface area contributed by atoms with Crippen molar-refractivity contribution in [1.82, 2.24) is 4.98 Å². The molecule has 194 valence electrons. The molecular weight excluding hydrogens is 718 g/mol. The first kappa shape index (κ1) is 36.8. The van der Waals surface area contributed by atoms with Crippen molar-refractivity contribution < 1.29 is 153 Å². The number of rotatable bonds is 4. The van der Waals surface area contributed by atoms with Crippen molar-refractivity contribution >= 4 is 28.3 Å². The van der Waals surface area contributed by atoms with Crippen molar-refractivity contribution in [2.75, 3.05) is 18.6 Å². The molecule has 1 saturated carbocycles. The van der Waals surface area contributed by atoms with Crippen molar-refractivity contribution in [3.63, 3.8) is 0 Å². The third-order valence-electron chi connectivity index (χ3n) is 7.03. The number of carbonyl (C=O) groups is 1. The monoisotopic (exact) mass is 756 g/mol. The van der Waals surface area contributed by atoms with Crippen LogP contribution in [0.4, 0.5) is 5.69 Å². The standard InChI is InChI=1S/C23H26N2O2.C5H10N2O.CH3.2Cs/c1-23(2)15-17(11-12-27-23)16-9-10-20-18(13-16)14-21(24-20)22(26)25(3)19-7-5-4-6-8-19;1-3-2-4(3)5(6)7-8;;;/h4-10,13-14,17H,11-12,15H2,1-3H3,(H,24,26);3-4,8H,2H2,1H3,(H2,6,7);1H3;;/q;;-1;2*+1/p-1/t17-;;;;/m0..../s1. The number of fused-ring (bicyclic) bond motifs is 1. The molecule has 2 heterocycles. The molecular formula is C29H38Cs2N4O3. The van der Waals surface area contributed by atoms with Gasteiger partial charge in [0.25, 0.3) is 0 Å². The van der Waals surface area contributed by atoms with E-state index < -0.39 is 0 Å². The molecule has 0 bridgehead atoms. The van der Waals surface area contributed by atoms with Gasteiger partial charge in [-0.2, -0.15) is 0 Å². The Kier molecular flexibility index (Phi) is 15.9. The second kappa shape index (κ2) is 16.4. The first-order chi connectivity index (χ1) is 16.7. The number of anilines is 1. The fraction of sp³-hybridized carbons (Fsp3) is 0.414. The molecule has 1 aliphatic carbocycles. The van der Waals surface area contributed by atoms with Crippen molar-refractivity contribution in [3.05, 3.63) is 73.3 Å². The molecule has 7 nitrogen and oxygen atoms in total. The van der Waals surface area contributed by atoms with E-state index in [1.807, 2.05) is 42.5 Å². The van der Waals surface area contributed by atoms with E-state index in [-0.39, 0.29) is 157 Å². The number of oxime groups is 1. The number of benzene rings is 2. The Balaban J connectivity index is 0.000000569. The Morgan fingerprint density at radius 3 is 2.37 bits per heavy atom. The summed E-state index contributed by atoms with van der Waals surface area (Å²) >= 11 is 0. The fourth-order valence-electron chi connectivity index (χ4n) is 4.73. The minimum atomic E-state index is -0.0915. The van der Waals surface area contributed by atoms with E-state index in [0.717, 1.165) is 42.5 Å². The summed E-state index contributed by atoms with van der Waals surface area (Å²) in [5, 5.41) is 12.1. The number of hydrogen-bond acceptors (Lipinski definition) is 4. The van der Waals surface area contributed by atoms with Crippen LogP contribution < -0.4 is 153 Å². The zero-order chi connectivity index (χ0) is 25.2. The first-order valence-electron chi connectivity index (χ1n) is 12.2. The van der Waals surface area contributed by atoms with Crippen molar-refractivity contribution in [2.45, 2.75) is 51.6 Å². The molecule has 2 aromatic carbocycles. The van der Waals surface area contributed by atoms with E-state index >= 15 is 0 Å². The SMILES string of the molecule is CC1CC1/C(N)=N/O.CN(C(=O)c1cc2cc([C@H]3CCOC(C)(C)C3)ccc2[n-]1)c1ccccc1.[CH3-].[Cs+].[Cs+]. The Bertz CT molecular complexity index is 1210. The number of amides is 1. The summed E-state index contributed by atoms with van der Waals surface area (Å²) in [6.07, 6.45) is 3.12. The zero-order valence-corrected chi connectivity index (χ0v) is 36.5. The molecule has 2 fully saturated rings. The van der Waals surface area contributed by atoms with Crippen LogP contribution in [-0.4, -0.2) is 36.2 Å². The number of para-hydroxylation sites is 1. The number of ether oxygens (including phenoxy) is 1. The normalized spacial score (nSPS) is 21.5. The second-order valence-electron chi connectivity index (χ2n) is 10.3. The van der Waals surface area contributed by atoms with Gasteiger partial charge in [0, 0.05) is 25.3 Å². The predicted molar refractivity (Wildman–Crippen MR) is 146 cm³/mol. The number of carbonyl (C=O) groups excluding carboxylic acids is 1. The Hall–Kier alpha value is 0.784. The van der Waals surface area contributed by atoms with Crippen LogP contribution in [-0.2, 0) is 4.74 Å². The summed E-state index contributed by atoms with van der Waals surface area (Å²) < 4.78 is 5.85. The molecule has 3 aromatic rings. The van der Waals surface area contributed by atoms with Crippen LogP contribution in [0.25, 0.3) is 10.9 Å². The smallest absolute Gasteiger partial charge is 0.653 e. The van der Waals surface area contributed by atoms with Crippen LogP contribution in [0.1, 0.15) is 62.0 Å². The van der Waals surface area contributed by atoms with Crippen molar-refractivity contribution in [3.8, 4) is 0 Å². The van der Waals surface area contributed by atoms with Gasteiger partial charge in [-0.25, -0.2) is 0 Å². The topological polar surface area (TPSA) is 102 Å². The molecule has 38 heavy (non-hydrogen) atoms. The number of nitrogens with zero attached hydrogens (tertiary/aromatic N) is 3. The summed E-state index contributed by atoms with van der Waals surface area (Å²) in [4.78, 5) is 19.0. The number of nitrogens with two attached hydrogens (primary N) is 1. The van der Waals surface area contributed by atoms with Crippen LogP contribution in [0.5, 0.6) is 0 Å². The number of amidine groups is 1. The van der Waals surface area contributed by atoms with Gasteiger partial charge >= 0.3 is 138 Å². The van der Waals surface area contributed by atoms with Gasteiger partial charge in [-0.05, 0) is 68.0 Å². The van der Waals surface area contributed by atoms with Gasteiger partial charge in [-0.3, -0.25) is 4.79 Å². The predicted octanol–water partition coefficient (Wildman–Crippen LogP) is -0.407. The molecule has 2 unspecified atom stereocenters. The summed E-state index contributed by atoms with van der Waals surface area (Å²) in [6.45, 7) is 7.18. The summed E-state index contributed by atoms with van der Waals surface area (Å²) in [5.74, 6) is 1.77. The fourth-order valence-corrected chi connectivity index (χ4v) is 4.73. The second-order valence-corrected chi connectivity index (χ2v) is 10.3. The first-order valence-corrected chi connectivity index (χ1v) is 12.2. The van der Waals surface area contributed by atoms with Crippen LogP contribution >= 0.6 is 0 Å². The molecule has 1 aromatic heterocycles. The quantitative estimate of drug-likeness (QED) is 0.124. The Labute approximate surface area is 344 Å². The van der Waals surface area contributed by atoms with Gasteiger partial charge in [-0.15, -0.1) is 5.52 Å². The summed E-state index contributed by atoms with van der Waals surface area (Å²) in [5.41, 5.74) is 8.71. The summed E-state index contributed by atoms with van der Waals surface area (Å²) in [6, 6.07) is 17.9. The van der Waals surface area contributed by atoms with Gasteiger partial charge in [0.05, 0.1) is 5.60 Å². The molecule has 3 N–H and O–H groups in total. The largest absolute Gasteiger partial charge is 1.00 e. The average molecular weight is 756 g/mol. The van der Waals surface area contributed by atoms with Gasteiger partial charge in [0.1, 0.15) is 5.84 Å². The Morgan fingerprint density at radius 2 is 1.82 bits per heavy atom. The molecule has 0 spiro atoms. The van der Waals surface area contributed by atoms with Gasteiger partial charge < -0.3 is 33.0 Å². The summed E-state index contributed by atoms with van der Waals surface area (Å²) in [7, 11) is 1.78. The molecule has 0 radical (unpaired) electrons. The maximum Gasteiger partial charge on any atom is 1.00 e. The average Bonchev–Trinajstić information content (AvgIpc) is 3.44. The van der Waals surface area contributed by atoms with Crippen LogP contribution in [0.3, 0.4) is 0 Å². The van der Waals surface area contributed by atoms with E-state index in [1.54, 1.807) is 11.9 Å².